The smallest absolute Gasteiger partial charge is 0.332 e. The second-order valence-electron chi connectivity index (χ2n) is 8.53. The van der Waals surface area contributed by atoms with Gasteiger partial charge < -0.3 is 15.0 Å². The molecule has 0 bridgehead atoms. The van der Waals surface area contributed by atoms with Gasteiger partial charge in [0.2, 0.25) is 5.91 Å². The number of carbonyl (C=O) groups is 3. The van der Waals surface area contributed by atoms with E-state index in [2.05, 4.69) is 5.32 Å². The summed E-state index contributed by atoms with van der Waals surface area (Å²) in [6.45, 7) is 1.53. The first kappa shape index (κ1) is 22.9. The van der Waals surface area contributed by atoms with Gasteiger partial charge in [-0.15, -0.1) is 0 Å². The molecular formula is C25H30N4O4. The standard InChI is InChI=1S/C25H30N4O4/c1-27-17-21(30)23-20(29(27)25(32)26-15-18-9-5-3-6-10-18)16-28(13-14-33-2)24(31)22(23)19-11-7-4-8-12-19/h3-12,20,22-23H,13-17H2,1-2H3,(H,26,32)/t20-,22+,23?/m0/s1. The monoisotopic (exact) mass is 450 g/mol. The number of hydrogen-bond donors (Lipinski definition) is 1. The summed E-state index contributed by atoms with van der Waals surface area (Å²) in [7, 11) is 3.33. The number of benzene rings is 2. The Morgan fingerprint density at radius 1 is 1.06 bits per heavy atom. The van der Waals surface area contributed by atoms with E-state index >= 15 is 0 Å². The Morgan fingerprint density at radius 3 is 2.39 bits per heavy atom. The Morgan fingerprint density at radius 2 is 1.73 bits per heavy atom. The zero-order valence-electron chi connectivity index (χ0n) is 19.0. The molecular weight excluding hydrogens is 420 g/mol. The molecule has 2 fully saturated rings. The van der Waals surface area contributed by atoms with Crippen LogP contribution in [0.2, 0.25) is 0 Å². The average molecular weight is 451 g/mol. The van der Waals surface area contributed by atoms with Gasteiger partial charge in [-0.25, -0.2) is 9.80 Å². The number of nitrogens with one attached hydrogen (secondary N) is 1. The molecule has 0 saturated carbocycles. The highest BCUT2D eigenvalue weighted by atomic mass is 16.5. The number of Topliss-reactive ketones (excluding diaryl/α,β-unsaturated/α-hetero) is 1. The Bertz CT molecular complexity index is 984. The molecule has 2 heterocycles. The minimum atomic E-state index is -0.632. The SMILES string of the molecule is COCCN1C[C@H]2C(C(=O)CN(C)N2C(=O)NCc2ccccc2)[C@@H](c2ccccc2)C1=O. The number of urea groups is 1. The van der Waals surface area contributed by atoms with Crippen LogP contribution in [0.25, 0.3) is 0 Å². The quantitative estimate of drug-likeness (QED) is 0.727. The summed E-state index contributed by atoms with van der Waals surface area (Å²) in [6.07, 6.45) is 0. The van der Waals surface area contributed by atoms with Crippen molar-refractivity contribution >= 4 is 17.7 Å². The van der Waals surface area contributed by atoms with Crippen molar-refractivity contribution in [3.8, 4) is 0 Å². The van der Waals surface area contributed by atoms with Crippen LogP contribution in [0, 0.1) is 5.92 Å². The molecule has 33 heavy (non-hydrogen) atoms. The van der Waals surface area contributed by atoms with Crippen molar-refractivity contribution in [2.75, 3.05) is 40.4 Å². The Hall–Kier alpha value is -3.23. The van der Waals surface area contributed by atoms with Crippen LogP contribution in [0.1, 0.15) is 17.0 Å². The fourth-order valence-electron chi connectivity index (χ4n) is 4.87. The first-order valence-electron chi connectivity index (χ1n) is 11.2. The number of carbonyl (C=O) groups excluding carboxylic acids is 3. The van der Waals surface area contributed by atoms with Crippen LogP contribution < -0.4 is 5.32 Å². The van der Waals surface area contributed by atoms with Crippen molar-refractivity contribution < 1.29 is 19.1 Å². The van der Waals surface area contributed by atoms with E-state index in [1.165, 1.54) is 0 Å². The maximum Gasteiger partial charge on any atom is 0.332 e. The summed E-state index contributed by atoms with van der Waals surface area (Å²) < 4.78 is 5.21. The van der Waals surface area contributed by atoms with E-state index in [0.29, 0.717) is 19.7 Å². The van der Waals surface area contributed by atoms with Gasteiger partial charge in [0.15, 0.2) is 5.78 Å². The maximum atomic E-state index is 13.5. The summed E-state index contributed by atoms with van der Waals surface area (Å²) in [5.41, 5.74) is 1.78. The molecule has 1 unspecified atom stereocenters. The molecule has 174 valence electrons. The van der Waals surface area contributed by atoms with Crippen molar-refractivity contribution in [3.05, 3.63) is 71.8 Å². The number of methoxy groups -OCH3 is 1. The predicted octanol–water partition coefficient (Wildman–Crippen LogP) is 1.88. The lowest BCUT2D eigenvalue weighted by molar-refractivity contribution is -0.161. The summed E-state index contributed by atoms with van der Waals surface area (Å²) in [5, 5.41) is 6.26. The van der Waals surface area contributed by atoms with E-state index < -0.39 is 17.9 Å². The number of rotatable bonds is 6. The topological polar surface area (TPSA) is 82.2 Å². The van der Waals surface area contributed by atoms with Crippen LogP contribution in [0.4, 0.5) is 4.79 Å². The van der Waals surface area contributed by atoms with Crippen molar-refractivity contribution in [1.82, 2.24) is 20.2 Å². The molecule has 4 rings (SSSR count). The molecule has 2 aromatic rings. The molecule has 3 atom stereocenters. The van der Waals surface area contributed by atoms with Crippen LogP contribution in [-0.4, -0.2) is 79.1 Å². The molecule has 2 saturated heterocycles. The summed E-state index contributed by atoms with van der Waals surface area (Å²) in [5.74, 6) is -1.35. The van der Waals surface area contributed by atoms with Crippen LogP contribution in [0.5, 0.6) is 0 Å². The number of hydrogen-bond acceptors (Lipinski definition) is 5. The molecule has 2 aromatic carbocycles. The zero-order chi connectivity index (χ0) is 23.4. The minimum absolute atomic E-state index is 0.0248. The van der Waals surface area contributed by atoms with Gasteiger partial charge in [-0.1, -0.05) is 60.7 Å². The lowest BCUT2D eigenvalue weighted by atomic mass is 9.73. The summed E-state index contributed by atoms with van der Waals surface area (Å²) in [4.78, 5) is 41.8. The lowest BCUT2D eigenvalue weighted by Crippen LogP contribution is -2.70. The van der Waals surface area contributed by atoms with E-state index in [0.717, 1.165) is 11.1 Å². The number of fused-ring (bicyclic) bond motifs is 1. The van der Waals surface area contributed by atoms with Gasteiger partial charge in [0.25, 0.3) is 0 Å². The third kappa shape index (κ3) is 4.77. The number of amides is 3. The molecule has 0 spiro atoms. The highest BCUT2D eigenvalue weighted by Crippen LogP contribution is 2.39. The number of nitrogens with zero attached hydrogens (tertiary/aromatic N) is 3. The van der Waals surface area contributed by atoms with Gasteiger partial charge in [0.1, 0.15) is 0 Å². The number of hydrazine groups is 1. The fourth-order valence-corrected chi connectivity index (χ4v) is 4.87. The van der Waals surface area contributed by atoms with Crippen LogP contribution in [-0.2, 0) is 20.9 Å². The molecule has 2 aliphatic heterocycles. The molecule has 1 N–H and O–H groups in total. The molecule has 0 aliphatic carbocycles. The van der Waals surface area contributed by atoms with Gasteiger partial charge in [-0.05, 0) is 11.1 Å². The maximum absolute atomic E-state index is 13.5. The van der Waals surface area contributed by atoms with Gasteiger partial charge in [-0.3, -0.25) is 14.6 Å². The van der Waals surface area contributed by atoms with Crippen molar-refractivity contribution in [2.45, 2.75) is 18.5 Å². The first-order chi connectivity index (χ1) is 16.0. The lowest BCUT2D eigenvalue weighted by Gasteiger charge is -2.52. The zero-order valence-corrected chi connectivity index (χ0v) is 19.0. The van der Waals surface area contributed by atoms with Crippen LogP contribution in [0.15, 0.2) is 60.7 Å². The van der Waals surface area contributed by atoms with E-state index in [1.54, 1.807) is 29.1 Å². The number of ketones is 1. The Kier molecular flexibility index (Phi) is 7.05. The van der Waals surface area contributed by atoms with Crippen molar-refractivity contribution in [3.63, 3.8) is 0 Å². The molecule has 8 heteroatoms. The number of likely N-dealkylation sites (N-methyl/N-ethyl adjacent to an activating group) is 1. The molecule has 0 aromatic heterocycles. The van der Waals surface area contributed by atoms with Gasteiger partial charge in [-0.2, -0.15) is 0 Å². The Labute approximate surface area is 194 Å². The number of ether oxygens (including phenoxy) is 1. The first-order valence-corrected chi connectivity index (χ1v) is 11.2. The largest absolute Gasteiger partial charge is 0.383 e. The molecule has 3 amide bonds. The third-order valence-electron chi connectivity index (χ3n) is 6.42. The summed E-state index contributed by atoms with van der Waals surface area (Å²) in [6, 6.07) is 18.3. The average Bonchev–Trinajstić information content (AvgIpc) is 2.83. The van der Waals surface area contributed by atoms with E-state index in [9.17, 15) is 14.4 Å². The fraction of sp³-hybridized carbons (Fsp3) is 0.400. The van der Waals surface area contributed by atoms with Gasteiger partial charge in [0.05, 0.1) is 31.0 Å². The summed E-state index contributed by atoms with van der Waals surface area (Å²) >= 11 is 0. The minimum Gasteiger partial charge on any atom is -0.383 e. The highest BCUT2D eigenvalue weighted by molar-refractivity contribution is 5.96. The highest BCUT2D eigenvalue weighted by Gasteiger charge is 2.53. The second-order valence-corrected chi connectivity index (χ2v) is 8.53. The third-order valence-corrected chi connectivity index (χ3v) is 6.42. The molecule has 2 aliphatic rings. The van der Waals surface area contributed by atoms with Crippen molar-refractivity contribution in [2.24, 2.45) is 5.92 Å². The van der Waals surface area contributed by atoms with Crippen molar-refractivity contribution in [1.29, 1.82) is 0 Å². The van der Waals surface area contributed by atoms with Gasteiger partial charge >= 0.3 is 6.03 Å². The number of likely N-dealkylation sites (tertiary alicyclic amines) is 1. The van der Waals surface area contributed by atoms with E-state index in [4.69, 9.17) is 4.74 Å². The second kappa shape index (κ2) is 10.1. The van der Waals surface area contributed by atoms with Gasteiger partial charge in [0, 0.05) is 33.8 Å². The predicted molar refractivity (Wildman–Crippen MR) is 123 cm³/mol. The van der Waals surface area contributed by atoms with E-state index in [-0.39, 0.29) is 30.8 Å². The van der Waals surface area contributed by atoms with Crippen LogP contribution >= 0.6 is 0 Å². The molecule has 8 nitrogen and oxygen atoms in total. The molecule has 0 radical (unpaired) electrons. The Balaban J connectivity index is 1.64. The van der Waals surface area contributed by atoms with Crippen LogP contribution in [0.3, 0.4) is 0 Å². The van der Waals surface area contributed by atoms with E-state index in [1.807, 2.05) is 60.7 Å². The normalized spacial score (nSPS) is 23.4. The number of piperidine rings is 1.